The summed E-state index contributed by atoms with van der Waals surface area (Å²) in [6, 6.07) is 7.73. The SMILES string of the molecule is CNc1cc(CN2C(=O)N(c3ccccc3OC(F)(F)F)C(=O)C2(C)C)ccn1. The number of amides is 3. The molecule has 0 radical (unpaired) electrons. The van der Waals surface area contributed by atoms with Crippen LogP contribution in [-0.4, -0.2) is 40.8 Å². The van der Waals surface area contributed by atoms with Gasteiger partial charge in [0, 0.05) is 19.8 Å². The molecule has 1 saturated heterocycles. The molecule has 0 saturated carbocycles. The number of hydrogen-bond donors (Lipinski definition) is 1. The van der Waals surface area contributed by atoms with Gasteiger partial charge in [-0.2, -0.15) is 0 Å². The highest BCUT2D eigenvalue weighted by atomic mass is 19.4. The molecule has 1 aliphatic rings. The van der Waals surface area contributed by atoms with E-state index >= 15 is 0 Å². The topological polar surface area (TPSA) is 74.8 Å². The fourth-order valence-electron chi connectivity index (χ4n) is 3.06. The van der Waals surface area contributed by atoms with Crippen molar-refractivity contribution in [1.82, 2.24) is 9.88 Å². The molecule has 7 nitrogen and oxygen atoms in total. The summed E-state index contributed by atoms with van der Waals surface area (Å²) in [6.45, 7) is 3.16. The van der Waals surface area contributed by atoms with Crippen LogP contribution >= 0.6 is 0 Å². The van der Waals surface area contributed by atoms with Gasteiger partial charge in [0.25, 0.3) is 5.91 Å². The number of nitrogens with zero attached hydrogens (tertiary/aromatic N) is 3. The third-order valence-electron chi connectivity index (χ3n) is 4.58. The number of pyridine rings is 1. The van der Waals surface area contributed by atoms with Gasteiger partial charge in [0.15, 0.2) is 5.75 Å². The number of anilines is 2. The fraction of sp³-hybridized carbons (Fsp3) is 0.316. The van der Waals surface area contributed by atoms with Crippen LogP contribution in [0.25, 0.3) is 0 Å². The Bertz CT molecular complexity index is 946. The monoisotopic (exact) mass is 408 g/mol. The second-order valence-corrected chi connectivity index (χ2v) is 6.88. The minimum absolute atomic E-state index is 0.0770. The van der Waals surface area contributed by atoms with Crippen molar-refractivity contribution < 1.29 is 27.5 Å². The number of hydrogen-bond acceptors (Lipinski definition) is 5. The molecule has 1 aromatic heterocycles. The molecule has 3 rings (SSSR count). The first kappa shape index (κ1) is 20.4. The summed E-state index contributed by atoms with van der Waals surface area (Å²) in [5, 5.41) is 2.88. The molecule has 0 atom stereocenters. The zero-order chi connectivity index (χ0) is 21.4. The van der Waals surface area contributed by atoms with E-state index in [1.165, 1.54) is 23.1 Å². The lowest BCUT2D eigenvalue weighted by Crippen LogP contribution is -2.43. The van der Waals surface area contributed by atoms with Gasteiger partial charge in [-0.25, -0.2) is 14.7 Å². The van der Waals surface area contributed by atoms with Crippen molar-refractivity contribution in [2.45, 2.75) is 32.3 Å². The molecule has 0 spiro atoms. The van der Waals surface area contributed by atoms with E-state index < -0.39 is 29.6 Å². The van der Waals surface area contributed by atoms with Crippen LogP contribution < -0.4 is 15.0 Å². The molecule has 2 aromatic rings. The second-order valence-electron chi connectivity index (χ2n) is 6.88. The quantitative estimate of drug-likeness (QED) is 0.763. The second kappa shape index (κ2) is 7.26. The lowest BCUT2D eigenvalue weighted by molar-refractivity contribution is -0.274. The summed E-state index contributed by atoms with van der Waals surface area (Å²) in [7, 11) is 1.69. The highest BCUT2D eigenvalue weighted by Gasteiger charge is 2.52. The molecule has 1 N–H and O–H groups in total. The lowest BCUT2D eigenvalue weighted by Gasteiger charge is -2.27. The number of benzene rings is 1. The lowest BCUT2D eigenvalue weighted by atomic mass is 10.0. The number of nitrogens with one attached hydrogen (secondary N) is 1. The van der Waals surface area contributed by atoms with Gasteiger partial charge in [-0.15, -0.1) is 13.2 Å². The number of carbonyl (C=O) groups excluding carboxylic acids is 2. The predicted octanol–water partition coefficient (Wildman–Crippen LogP) is 3.77. The summed E-state index contributed by atoms with van der Waals surface area (Å²) in [6.07, 6.45) is -3.40. The molecule has 154 valence electrons. The Kier molecular flexibility index (Phi) is 5.12. The zero-order valence-electron chi connectivity index (χ0n) is 15.9. The van der Waals surface area contributed by atoms with Gasteiger partial charge in [0.05, 0.1) is 5.69 Å². The summed E-state index contributed by atoms with van der Waals surface area (Å²) in [5.74, 6) is -0.691. The van der Waals surface area contributed by atoms with E-state index in [0.717, 1.165) is 11.0 Å². The van der Waals surface area contributed by atoms with Crippen molar-refractivity contribution in [3.05, 3.63) is 48.2 Å². The van der Waals surface area contributed by atoms with E-state index in [0.29, 0.717) is 11.4 Å². The number of aromatic nitrogens is 1. The molecule has 0 bridgehead atoms. The van der Waals surface area contributed by atoms with E-state index in [-0.39, 0.29) is 12.2 Å². The summed E-state index contributed by atoms with van der Waals surface area (Å²) in [4.78, 5) is 32.2. The van der Waals surface area contributed by atoms with Crippen molar-refractivity contribution in [1.29, 1.82) is 0 Å². The van der Waals surface area contributed by atoms with Crippen molar-refractivity contribution in [3.8, 4) is 5.75 Å². The fourth-order valence-corrected chi connectivity index (χ4v) is 3.06. The number of halogens is 3. The van der Waals surface area contributed by atoms with Crippen LogP contribution in [0.3, 0.4) is 0 Å². The van der Waals surface area contributed by atoms with E-state index in [2.05, 4.69) is 15.0 Å². The molecule has 2 heterocycles. The zero-order valence-corrected chi connectivity index (χ0v) is 15.9. The summed E-state index contributed by atoms with van der Waals surface area (Å²) < 4.78 is 42.3. The van der Waals surface area contributed by atoms with Gasteiger partial charge in [-0.05, 0) is 43.7 Å². The van der Waals surface area contributed by atoms with E-state index in [1.807, 2.05) is 0 Å². The standard InChI is InChI=1S/C19H19F3N4O3/c1-18(2)16(27)26(13-6-4-5-7-14(13)29-19(20,21)22)17(28)25(18)11-12-8-9-24-15(10-12)23-3/h4-10H,11H2,1-3H3,(H,23,24). The molecule has 1 fully saturated rings. The van der Waals surface area contributed by atoms with Crippen LogP contribution in [0.5, 0.6) is 5.75 Å². The van der Waals surface area contributed by atoms with Crippen LogP contribution in [0.15, 0.2) is 42.6 Å². The van der Waals surface area contributed by atoms with Gasteiger partial charge < -0.3 is 15.0 Å². The molecule has 0 aliphatic carbocycles. The Morgan fingerprint density at radius 2 is 1.86 bits per heavy atom. The Balaban J connectivity index is 1.97. The first-order chi connectivity index (χ1) is 13.5. The van der Waals surface area contributed by atoms with E-state index in [4.69, 9.17) is 0 Å². The van der Waals surface area contributed by atoms with Gasteiger partial charge in [-0.3, -0.25) is 4.79 Å². The third kappa shape index (κ3) is 3.96. The van der Waals surface area contributed by atoms with Crippen LogP contribution in [0, 0.1) is 0 Å². The first-order valence-corrected chi connectivity index (χ1v) is 8.68. The Labute approximate surface area is 165 Å². The van der Waals surface area contributed by atoms with E-state index in [1.54, 1.807) is 39.2 Å². The van der Waals surface area contributed by atoms with Crippen molar-refractivity contribution >= 4 is 23.4 Å². The molecule has 3 amide bonds. The van der Waals surface area contributed by atoms with Gasteiger partial charge in [0.1, 0.15) is 11.4 Å². The van der Waals surface area contributed by atoms with Gasteiger partial charge in [-0.1, -0.05) is 12.1 Å². The van der Waals surface area contributed by atoms with Crippen LogP contribution in [-0.2, 0) is 11.3 Å². The number of carbonyl (C=O) groups is 2. The number of imide groups is 1. The maximum atomic E-state index is 13.1. The molecular weight excluding hydrogens is 389 g/mol. The van der Waals surface area contributed by atoms with Crippen molar-refractivity contribution in [2.75, 3.05) is 17.3 Å². The first-order valence-electron chi connectivity index (χ1n) is 8.68. The van der Waals surface area contributed by atoms with Crippen LogP contribution in [0.1, 0.15) is 19.4 Å². The molecule has 10 heteroatoms. The van der Waals surface area contributed by atoms with Gasteiger partial charge in [0.2, 0.25) is 0 Å². The maximum Gasteiger partial charge on any atom is 0.573 e. The molecule has 29 heavy (non-hydrogen) atoms. The Morgan fingerprint density at radius 3 is 2.52 bits per heavy atom. The molecule has 0 unspecified atom stereocenters. The van der Waals surface area contributed by atoms with Gasteiger partial charge >= 0.3 is 12.4 Å². The average Bonchev–Trinajstić information content (AvgIpc) is 2.81. The molecule has 1 aliphatic heterocycles. The number of urea groups is 1. The number of para-hydroxylation sites is 2. The minimum atomic E-state index is -4.96. The summed E-state index contributed by atoms with van der Waals surface area (Å²) >= 11 is 0. The maximum absolute atomic E-state index is 13.1. The number of alkyl halides is 3. The van der Waals surface area contributed by atoms with Crippen LogP contribution in [0.4, 0.5) is 29.5 Å². The molecule has 1 aromatic carbocycles. The summed E-state index contributed by atoms with van der Waals surface area (Å²) in [5.41, 5.74) is -0.827. The smallest absolute Gasteiger partial charge is 0.404 e. The minimum Gasteiger partial charge on any atom is -0.404 e. The van der Waals surface area contributed by atoms with Crippen LogP contribution in [0.2, 0.25) is 0 Å². The average molecular weight is 408 g/mol. The third-order valence-corrected chi connectivity index (χ3v) is 4.58. The predicted molar refractivity (Wildman–Crippen MR) is 99.4 cm³/mol. The highest BCUT2D eigenvalue weighted by molar-refractivity contribution is 6.23. The normalized spacial score (nSPS) is 16.3. The highest BCUT2D eigenvalue weighted by Crippen LogP contribution is 2.39. The van der Waals surface area contributed by atoms with Crippen molar-refractivity contribution in [3.63, 3.8) is 0 Å². The molecular formula is C19H19F3N4O3. The Hall–Kier alpha value is -3.30. The number of rotatable bonds is 5. The van der Waals surface area contributed by atoms with E-state index in [9.17, 15) is 22.8 Å². The number of ether oxygens (including phenoxy) is 1. The Morgan fingerprint density at radius 1 is 1.17 bits per heavy atom. The largest absolute Gasteiger partial charge is 0.573 e. The van der Waals surface area contributed by atoms with Crippen molar-refractivity contribution in [2.24, 2.45) is 0 Å².